The maximum atomic E-state index is 12.6. The number of anilines is 1. The van der Waals surface area contributed by atoms with Crippen molar-refractivity contribution in [3.63, 3.8) is 0 Å². The molecule has 0 atom stereocenters. The second-order valence-electron chi connectivity index (χ2n) is 5.36. The number of nitrogens with zero attached hydrogens (tertiary/aromatic N) is 2. The van der Waals surface area contributed by atoms with Crippen molar-refractivity contribution in [1.82, 2.24) is 9.88 Å². The monoisotopic (exact) mass is 291 g/mol. The van der Waals surface area contributed by atoms with E-state index in [1.54, 1.807) is 0 Å². The van der Waals surface area contributed by atoms with E-state index in [1.165, 1.54) is 0 Å². The number of likely N-dealkylation sites (tertiary alicyclic amines) is 1. The Morgan fingerprint density at radius 3 is 2.71 bits per heavy atom. The Bertz CT molecular complexity index is 482. The van der Waals surface area contributed by atoms with Crippen LogP contribution in [-0.4, -0.2) is 48.1 Å². The Morgan fingerprint density at radius 2 is 2.10 bits per heavy atom. The number of aromatic nitrogens is 1. The highest BCUT2D eigenvalue weighted by atomic mass is 16.5. The van der Waals surface area contributed by atoms with Crippen LogP contribution in [0.25, 0.3) is 0 Å². The maximum Gasteiger partial charge on any atom is 0.254 e. The van der Waals surface area contributed by atoms with E-state index in [0.29, 0.717) is 11.7 Å². The molecule has 0 aromatic carbocycles. The molecule has 1 N–H and O–H groups in total. The van der Waals surface area contributed by atoms with Gasteiger partial charge in [-0.3, -0.25) is 4.79 Å². The van der Waals surface area contributed by atoms with Crippen molar-refractivity contribution >= 4 is 11.7 Å². The predicted molar refractivity (Wildman–Crippen MR) is 83.7 cm³/mol. The molecule has 2 heterocycles. The number of pyridine rings is 1. The third-order valence-corrected chi connectivity index (χ3v) is 3.69. The van der Waals surface area contributed by atoms with Gasteiger partial charge in [-0.25, -0.2) is 4.98 Å². The summed E-state index contributed by atoms with van der Waals surface area (Å²) >= 11 is 0. The lowest BCUT2D eigenvalue weighted by atomic mass is 10.1. The number of ether oxygens (including phenoxy) is 1. The summed E-state index contributed by atoms with van der Waals surface area (Å²) < 4.78 is 5.63. The number of piperidine rings is 1. The fourth-order valence-corrected chi connectivity index (χ4v) is 2.71. The lowest BCUT2D eigenvalue weighted by molar-refractivity contribution is 0.0146. The van der Waals surface area contributed by atoms with Gasteiger partial charge in [0.1, 0.15) is 5.82 Å². The number of carbonyl (C=O) groups is 1. The third kappa shape index (κ3) is 4.17. The standard InChI is InChI=1S/C16H25N3O2/c1-4-17-15-11-13(10-12(3)18-15)16(20)19-8-6-14(7-9-19)21-5-2/h10-11,14H,4-9H2,1-3H3,(H,17,18). The van der Waals surface area contributed by atoms with Crippen LogP contribution in [0.5, 0.6) is 0 Å². The van der Waals surface area contributed by atoms with Crippen LogP contribution in [0, 0.1) is 6.92 Å². The first kappa shape index (κ1) is 15.8. The average Bonchev–Trinajstić information content (AvgIpc) is 2.47. The van der Waals surface area contributed by atoms with Crippen LogP contribution in [0.1, 0.15) is 42.7 Å². The highest BCUT2D eigenvalue weighted by molar-refractivity contribution is 5.95. The molecule has 1 fully saturated rings. The van der Waals surface area contributed by atoms with Crippen LogP contribution in [-0.2, 0) is 4.74 Å². The Morgan fingerprint density at radius 1 is 1.38 bits per heavy atom. The van der Waals surface area contributed by atoms with Crippen LogP contribution in [0.3, 0.4) is 0 Å². The van der Waals surface area contributed by atoms with E-state index in [1.807, 2.05) is 37.8 Å². The topological polar surface area (TPSA) is 54.5 Å². The molecule has 1 amide bonds. The first-order valence-corrected chi connectivity index (χ1v) is 7.77. The van der Waals surface area contributed by atoms with Crippen LogP contribution in [0.4, 0.5) is 5.82 Å². The molecule has 1 aromatic rings. The van der Waals surface area contributed by atoms with E-state index < -0.39 is 0 Å². The number of rotatable bonds is 5. The molecular weight excluding hydrogens is 266 g/mol. The quantitative estimate of drug-likeness (QED) is 0.905. The molecule has 0 spiro atoms. The normalized spacial score (nSPS) is 16.0. The zero-order chi connectivity index (χ0) is 15.2. The summed E-state index contributed by atoms with van der Waals surface area (Å²) in [5.41, 5.74) is 1.58. The first-order valence-electron chi connectivity index (χ1n) is 7.77. The van der Waals surface area contributed by atoms with Gasteiger partial charge in [0.15, 0.2) is 0 Å². The number of hydrogen-bond acceptors (Lipinski definition) is 4. The second-order valence-corrected chi connectivity index (χ2v) is 5.36. The van der Waals surface area contributed by atoms with Gasteiger partial charge in [0, 0.05) is 37.5 Å². The van der Waals surface area contributed by atoms with Gasteiger partial charge in [-0.2, -0.15) is 0 Å². The molecule has 0 saturated carbocycles. The van der Waals surface area contributed by atoms with Gasteiger partial charge in [0.05, 0.1) is 6.10 Å². The van der Waals surface area contributed by atoms with Crippen LogP contribution in [0.15, 0.2) is 12.1 Å². The van der Waals surface area contributed by atoms with Crippen molar-refractivity contribution in [1.29, 1.82) is 0 Å². The van der Waals surface area contributed by atoms with Crippen molar-refractivity contribution in [3.05, 3.63) is 23.4 Å². The summed E-state index contributed by atoms with van der Waals surface area (Å²) in [5.74, 6) is 0.861. The molecule has 1 aliphatic rings. The molecule has 0 radical (unpaired) electrons. The summed E-state index contributed by atoms with van der Waals surface area (Å²) in [6.45, 7) is 9.02. The summed E-state index contributed by atoms with van der Waals surface area (Å²) in [6, 6.07) is 3.70. The Hall–Kier alpha value is -1.62. The molecular formula is C16H25N3O2. The number of aryl methyl sites for hydroxylation is 1. The van der Waals surface area contributed by atoms with Gasteiger partial charge in [0.2, 0.25) is 0 Å². The minimum Gasteiger partial charge on any atom is -0.378 e. The van der Waals surface area contributed by atoms with E-state index >= 15 is 0 Å². The number of amides is 1. The molecule has 5 heteroatoms. The fourth-order valence-electron chi connectivity index (χ4n) is 2.71. The Labute approximate surface area is 126 Å². The summed E-state index contributed by atoms with van der Waals surface area (Å²) in [6.07, 6.45) is 2.14. The van der Waals surface area contributed by atoms with Crippen molar-refractivity contribution in [2.24, 2.45) is 0 Å². The fraction of sp³-hybridized carbons (Fsp3) is 0.625. The summed E-state index contributed by atoms with van der Waals surface area (Å²) in [5, 5.41) is 3.17. The minimum atomic E-state index is 0.0922. The van der Waals surface area contributed by atoms with E-state index in [9.17, 15) is 4.79 Å². The van der Waals surface area contributed by atoms with Crippen LogP contribution >= 0.6 is 0 Å². The smallest absolute Gasteiger partial charge is 0.254 e. The molecule has 116 valence electrons. The Kier molecular flexibility index (Phi) is 5.56. The predicted octanol–water partition coefficient (Wildman–Crippen LogP) is 2.46. The first-order chi connectivity index (χ1) is 10.1. The molecule has 1 saturated heterocycles. The molecule has 5 nitrogen and oxygen atoms in total. The Balaban J connectivity index is 2.03. The molecule has 0 unspecified atom stereocenters. The van der Waals surface area contributed by atoms with Gasteiger partial charge >= 0.3 is 0 Å². The van der Waals surface area contributed by atoms with Crippen molar-refractivity contribution in [2.75, 3.05) is 31.6 Å². The van der Waals surface area contributed by atoms with Crippen molar-refractivity contribution in [2.45, 2.75) is 39.7 Å². The van der Waals surface area contributed by atoms with Gasteiger partial charge < -0.3 is 15.0 Å². The molecule has 0 bridgehead atoms. The van der Waals surface area contributed by atoms with Gasteiger partial charge in [-0.15, -0.1) is 0 Å². The lowest BCUT2D eigenvalue weighted by Crippen LogP contribution is -2.41. The summed E-state index contributed by atoms with van der Waals surface area (Å²) in [7, 11) is 0. The molecule has 21 heavy (non-hydrogen) atoms. The highest BCUT2D eigenvalue weighted by Crippen LogP contribution is 2.18. The SMILES string of the molecule is CCNc1cc(C(=O)N2CCC(OCC)CC2)cc(C)n1. The van der Waals surface area contributed by atoms with Crippen molar-refractivity contribution in [3.8, 4) is 0 Å². The second kappa shape index (κ2) is 7.41. The van der Waals surface area contributed by atoms with Gasteiger partial charge in [-0.1, -0.05) is 0 Å². The third-order valence-electron chi connectivity index (χ3n) is 3.69. The molecule has 1 aliphatic heterocycles. The maximum absolute atomic E-state index is 12.6. The number of nitrogens with one attached hydrogen (secondary N) is 1. The number of carbonyl (C=O) groups excluding carboxylic acids is 1. The van der Waals surface area contributed by atoms with Crippen LogP contribution in [0.2, 0.25) is 0 Å². The van der Waals surface area contributed by atoms with Gasteiger partial charge in [0.25, 0.3) is 5.91 Å². The minimum absolute atomic E-state index is 0.0922. The van der Waals surface area contributed by atoms with Crippen LogP contribution < -0.4 is 5.32 Å². The molecule has 0 aliphatic carbocycles. The zero-order valence-electron chi connectivity index (χ0n) is 13.2. The average molecular weight is 291 g/mol. The van der Waals surface area contributed by atoms with E-state index in [0.717, 1.165) is 50.6 Å². The number of hydrogen-bond donors (Lipinski definition) is 1. The summed E-state index contributed by atoms with van der Waals surface area (Å²) in [4.78, 5) is 18.9. The largest absolute Gasteiger partial charge is 0.378 e. The van der Waals surface area contributed by atoms with E-state index in [4.69, 9.17) is 4.74 Å². The van der Waals surface area contributed by atoms with E-state index in [2.05, 4.69) is 10.3 Å². The lowest BCUT2D eigenvalue weighted by Gasteiger charge is -2.32. The molecule has 1 aromatic heterocycles. The molecule has 2 rings (SSSR count). The van der Waals surface area contributed by atoms with Crippen molar-refractivity contribution < 1.29 is 9.53 Å². The zero-order valence-corrected chi connectivity index (χ0v) is 13.2. The van der Waals surface area contributed by atoms with E-state index in [-0.39, 0.29) is 5.91 Å². The van der Waals surface area contributed by atoms with Gasteiger partial charge in [-0.05, 0) is 45.7 Å². The highest BCUT2D eigenvalue weighted by Gasteiger charge is 2.24.